The van der Waals surface area contributed by atoms with Crippen LogP contribution in [0.25, 0.3) is 0 Å². The predicted molar refractivity (Wildman–Crippen MR) is 43.2 cm³/mol. The van der Waals surface area contributed by atoms with E-state index in [1.807, 2.05) is 0 Å². The molecule has 0 unspecified atom stereocenters. The first-order valence-electron chi connectivity index (χ1n) is 4.50. The highest BCUT2D eigenvalue weighted by Crippen LogP contribution is 2.29. The summed E-state index contributed by atoms with van der Waals surface area (Å²) in [4.78, 5) is 10.9. The van der Waals surface area contributed by atoms with Gasteiger partial charge in [0, 0.05) is 0 Å². The summed E-state index contributed by atoms with van der Waals surface area (Å²) in [5.74, 6) is 0.241. The molecule has 64 valence electrons. The Morgan fingerprint density at radius 1 is 1.45 bits per heavy atom. The summed E-state index contributed by atoms with van der Waals surface area (Å²) in [6, 6.07) is 0. The van der Waals surface area contributed by atoms with Gasteiger partial charge in [-0.3, -0.25) is 4.79 Å². The highest BCUT2D eigenvalue weighted by Gasteiger charge is 2.39. The van der Waals surface area contributed by atoms with Gasteiger partial charge < -0.3 is 4.74 Å². The van der Waals surface area contributed by atoms with Gasteiger partial charge in [0.15, 0.2) is 0 Å². The summed E-state index contributed by atoms with van der Waals surface area (Å²) in [6.45, 7) is 4.21. The van der Waals surface area contributed by atoms with Gasteiger partial charge in [0.1, 0.15) is 6.10 Å². The molecule has 2 atom stereocenters. The summed E-state index contributed by atoms with van der Waals surface area (Å²) in [5.41, 5.74) is 0. The molecule has 2 heteroatoms. The minimum atomic E-state index is 0.0188. The molecule has 2 nitrogen and oxygen atoms in total. The van der Waals surface area contributed by atoms with Crippen LogP contribution in [-0.2, 0) is 9.53 Å². The van der Waals surface area contributed by atoms with Gasteiger partial charge in [0.25, 0.3) is 0 Å². The van der Waals surface area contributed by atoms with Crippen LogP contribution in [0.3, 0.4) is 0 Å². The SMILES string of the molecule is CCCC[C@H]1C(=O)O[C@@H]1CC. The van der Waals surface area contributed by atoms with E-state index in [-0.39, 0.29) is 18.0 Å². The maximum atomic E-state index is 10.9. The van der Waals surface area contributed by atoms with Gasteiger partial charge in [-0.15, -0.1) is 0 Å². The van der Waals surface area contributed by atoms with E-state index in [0.29, 0.717) is 0 Å². The number of carbonyl (C=O) groups excluding carboxylic acids is 1. The van der Waals surface area contributed by atoms with E-state index in [1.54, 1.807) is 0 Å². The Labute approximate surface area is 67.9 Å². The normalized spacial score (nSPS) is 29.5. The van der Waals surface area contributed by atoms with Crippen molar-refractivity contribution in [2.75, 3.05) is 0 Å². The maximum Gasteiger partial charge on any atom is 0.313 e. The molecule has 0 radical (unpaired) electrons. The fraction of sp³-hybridized carbons (Fsp3) is 0.889. The van der Waals surface area contributed by atoms with E-state index in [9.17, 15) is 4.79 Å². The third kappa shape index (κ3) is 1.73. The van der Waals surface area contributed by atoms with Crippen molar-refractivity contribution < 1.29 is 9.53 Å². The lowest BCUT2D eigenvalue weighted by molar-refractivity contribution is -0.185. The number of rotatable bonds is 4. The second-order valence-electron chi connectivity index (χ2n) is 3.13. The van der Waals surface area contributed by atoms with E-state index in [0.717, 1.165) is 19.3 Å². The van der Waals surface area contributed by atoms with Crippen molar-refractivity contribution >= 4 is 5.97 Å². The molecule has 0 aromatic carbocycles. The molecule has 0 aromatic heterocycles. The molecule has 11 heavy (non-hydrogen) atoms. The average Bonchev–Trinajstić information content (AvgIpc) is 2.00. The van der Waals surface area contributed by atoms with Crippen LogP contribution in [0.5, 0.6) is 0 Å². The molecular formula is C9H16O2. The van der Waals surface area contributed by atoms with Gasteiger partial charge in [-0.05, 0) is 12.8 Å². The molecule has 1 heterocycles. The molecule has 1 rings (SSSR count). The lowest BCUT2D eigenvalue weighted by Crippen LogP contribution is -2.44. The van der Waals surface area contributed by atoms with Crippen molar-refractivity contribution in [3.8, 4) is 0 Å². The Kier molecular flexibility index (Phi) is 2.92. The van der Waals surface area contributed by atoms with Crippen LogP contribution in [0.4, 0.5) is 0 Å². The molecule has 0 aliphatic carbocycles. The summed E-state index contributed by atoms with van der Waals surface area (Å²) in [5, 5.41) is 0. The van der Waals surface area contributed by atoms with E-state index in [2.05, 4.69) is 13.8 Å². The molecule has 1 aliphatic heterocycles. The number of hydrogen-bond acceptors (Lipinski definition) is 2. The van der Waals surface area contributed by atoms with Crippen LogP contribution in [0.2, 0.25) is 0 Å². The molecule has 0 aromatic rings. The Hall–Kier alpha value is -0.530. The predicted octanol–water partition coefficient (Wildman–Crippen LogP) is 2.13. The van der Waals surface area contributed by atoms with Crippen LogP contribution in [0, 0.1) is 5.92 Å². The van der Waals surface area contributed by atoms with Gasteiger partial charge in [0.2, 0.25) is 0 Å². The standard InChI is InChI=1S/C9H16O2/c1-3-5-6-7-8(4-2)11-9(7)10/h7-8H,3-6H2,1-2H3/t7-,8-/m1/s1. The van der Waals surface area contributed by atoms with Gasteiger partial charge in [-0.2, -0.15) is 0 Å². The summed E-state index contributed by atoms with van der Waals surface area (Å²) in [7, 11) is 0. The van der Waals surface area contributed by atoms with Crippen molar-refractivity contribution in [2.24, 2.45) is 5.92 Å². The first-order chi connectivity index (χ1) is 5.29. The highest BCUT2D eigenvalue weighted by atomic mass is 16.6. The fourth-order valence-electron chi connectivity index (χ4n) is 1.49. The topological polar surface area (TPSA) is 26.3 Å². The number of ether oxygens (including phenoxy) is 1. The highest BCUT2D eigenvalue weighted by molar-refractivity contribution is 5.78. The fourth-order valence-corrected chi connectivity index (χ4v) is 1.49. The van der Waals surface area contributed by atoms with Crippen molar-refractivity contribution in [3.05, 3.63) is 0 Å². The second kappa shape index (κ2) is 3.74. The zero-order chi connectivity index (χ0) is 8.27. The Morgan fingerprint density at radius 3 is 2.64 bits per heavy atom. The van der Waals surface area contributed by atoms with Gasteiger partial charge in [0.05, 0.1) is 5.92 Å². The Bertz CT molecular complexity index is 142. The maximum absolute atomic E-state index is 10.9. The number of carbonyl (C=O) groups is 1. The molecule has 0 amide bonds. The Balaban J connectivity index is 2.24. The quantitative estimate of drug-likeness (QED) is 0.583. The van der Waals surface area contributed by atoms with Gasteiger partial charge in [-0.1, -0.05) is 26.7 Å². The van der Waals surface area contributed by atoms with Crippen LogP contribution >= 0.6 is 0 Å². The molecule has 0 saturated carbocycles. The van der Waals surface area contributed by atoms with Crippen LogP contribution in [0.1, 0.15) is 39.5 Å². The molecule has 0 spiro atoms. The van der Waals surface area contributed by atoms with E-state index < -0.39 is 0 Å². The summed E-state index contributed by atoms with van der Waals surface area (Å²) >= 11 is 0. The summed E-state index contributed by atoms with van der Waals surface area (Å²) < 4.78 is 4.96. The second-order valence-corrected chi connectivity index (χ2v) is 3.13. The lowest BCUT2D eigenvalue weighted by atomic mass is 9.90. The van der Waals surface area contributed by atoms with Crippen molar-refractivity contribution in [2.45, 2.75) is 45.6 Å². The van der Waals surface area contributed by atoms with Gasteiger partial charge in [-0.25, -0.2) is 0 Å². The van der Waals surface area contributed by atoms with Crippen LogP contribution < -0.4 is 0 Å². The monoisotopic (exact) mass is 156 g/mol. The molecule has 0 N–H and O–H groups in total. The molecule has 1 saturated heterocycles. The number of esters is 1. The largest absolute Gasteiger partial charge is 0.461 e. The van der Waals surface area contributed by atoms with Crippen molar-refractivity contribution in [1.29, 1.82) is 0 Å². The zero-order valence-electron chi connectivity index (χ0n) is 7.30. The minimum Gasteiger partial charge on any atom is -0.461 e. The lowest BCUT2D eigenvalue weighted by Gasteiger charge is -2.34. The first kappa shape index (κ1) is 8.57. The average molecular weight is 156 g/mol. The third-order valence-corrected chi connectivity index (χ3v) is 2.29. The first-order valence-corrected chi connectivity index (χ1v) is 4.50. The molecule has 1 fully saturated rings. The van der Waals surface area contributed by atoms with E-state index in [1.165, 1.54) is 6.42 Å². The van der Waals surface area contributed by atoms with Crippen LogP contribution in [0.15, 0.2) is 0 Å². The molecular weight excluding hydrogens is 140 g/mol. The summed E-state index contributed by atoms with van der Waals surface area (Å²) in [6.07, 6.45) is 4.54. The molecule has 0 bridgehead atoms. The van der Waals surface area contributed by atoms with Crippen molar-refractivity contribution in [1.82, 2.24) is 0 Å². The van der Waals surface area contributed by atoms with Gasteiger partial charge >= 0.3 is 5.97 Å². The number of unbranched alkanes of at least 4 members (excludes halogenated alkanes) is 1. The smallest absolute Gasteiger partial charge is 0.313 e. The Morgan fingerprint density at radius 2 is 2.18 bits per heavy atom. The zero-order valence-corrected chi connectivity index (χ0v) is 7.30. The van der Waals surface area contributed by atoms with Crippen molar-refractivity contribution in [3.63, 3.8) is 0 Å². The minimum absolute atomic E-state index is 0.0188. The molecule has 1 aliphatic rings. The van der Waals surface area contributed by atoms with Crippen LogP contribution in [-0.4, -0.2) is 12.1 Å². The number of hydrogen-bond donors (Lipinski definition) is 0. The van der Waals surface area contributed by atoms with E-state index in [4.69, 9.17) is 4.74 Å². The number of cyclic esters (lactones) is 1. The third-order valence-electron chi connectivity index (χ3n) is 2.29. The van der Waals surface area contributed by atoms with E-state index >= 15 is 0 Å².